The number of hydrogen-bond donors (Lipinski definition) is 2. The average Bonchev–Trinajstić information content (AvgIpc) is 2.82. The summed E-state index contributed by atoms with van der Waals surface area (Å²) in [5.74, 6) is -1.14. The third kappa shape index (κ3) is 2.74. The molecule has 0 saturated carbocycles. The van der Waals surface area contributed by atoms with Gasteiger partial charge in [0.15, 0.2) is 5.56 Å². The van der Waals surface area contributed by atoms with Crippen molar-refractivity contribution in [3.8, 4) is 5.75 Å². The number of carbonyl (C=O) groups is 1. The van der Waals surface area contributed by atoms with E-state index < -0.39 is 16.6 Å². The molecule has 1 aromatic heterocycles. The molecule has 0 fully saturated rings. The monoisotopic (exact) mass is 276 g/mol. The minimum atomic E-state index is -0.882. The number of aryl methyl sites for hydroxylation is 2. The Kier molecular flexibility index (Phi) is 3.65. The Hall–Kier alpha value is -2.90. The first-order valence-electron chi connectivity index (χ1n) is 5.77. The van der Waals surface area contributed by atoms with E-state index in [1.165, 1.54) is 12.1 Å². The molecule has 0 aliphatic carbocycles. The molecule has 0 aliphatic heterocycles. The van der Waals surface area contributed by atoms with Crippen LogP contribution in [0.1, 0.15) is 15.9 Å². The van der Waals surface area contributed by atoms with Gasteiger partial charge in [0.1, 0.15) is 12.3 Å². The van der Waals surface area contributed by atoms with Crippen LogP contribution in [0.15, 0.2) is 30.5 Å². The Morgan fingerprint density at radius 1 is 1.40 bits per heavy atom. The predicted octanol–water partition coefficient (Wildman–Crippen LogP) is 0.838. The summed E-state index contributed by atoms with van der Waals surface area (Å²) >= 11 is 0. The van der Waals surface area contributed by atoms with Crippen molar-refractivity contribution in [1.82, 2.24) is 9.78 Å². The van der Waals surface area contributed by atoms with Crippen LogP contribution >= 0.6 is 0 Å². The smallest absolute Gasteiger partial charge is 0.357 e. The average molecular weight is 276 g/mol. The van der Waals surface area contributed by atoms with Crippen LogP contribution in [0.4, 0.5) is 5.82 Å². The van der Waals surface area contributed by atoms with Crippen molar-refractivity contribution in [2.75, 3.05) is 0 Å². The molecule has 1 heterocycles. The van der Waals surface area contributed by atoms with Crippen LogP contribution in [-0.4, -0.2) is 25.7 Å². The Balaban J connectivity index is 2.19. The van der Waals surface area contributed by atoms with E-state index in [1.54, 1.807) is 12.1 Å². The van der Waals surface area contributed by atoms with Crippen molar-refractivity contribution in [1.29, 1.82) is 0 Å². The van der Waals surface area contributed by atoms with Gasteiger partial charge in [-0.25, -0.2) is 0 Å². The van der Waals surface area contributed by atoms with E-state index in [-0.39, 0.29) is 17.9 Å². The highest BCUT2D eigenvalue weighted by Gasteiger charge is 2.25. The van der Waals surface area contributed by atoms with E-state index in [1.807, 2.05) is 0 Å². The summed E-state index contributed by atoms with van der Waals surface area (Å²) in [4.78, 5) is 21.4. The number of rotatable bonds is 5. The molecule has 20 heavy (non-hydrogen) atoms. The Morgan fingerprint density at radius 3 is 2.60 bits per heavy atom. The second-order valence-electron chi connectivity index (χ2n) is 4.14. The maximum absolute atomic E-state index is 11.1. The maximum Gasteiger partial charge on any atom is 0.357 e. The third-order valence-electron chi connectivity index (χ3n) is 2.80. The van der Waals surface area contributed by atoms with Crippen LogP contribution in [0.3, 0.4) is 0 Å². The van der Waals surface area contributed by atoms with Gasteiger partial charge in [-0.05, 0) is 22.6 Å². The number of primary amides is 1. The highest BCUT2D eigenvalue weighted by molar-refractivity contribution is 5.96. The van der Waals surface area contributed by atoms with Gasteiger partial charge in [-0.3, -0.25) is 4.79 Å². The molecule has 0 saturated heterocycles. The van der Waals surface area contributed by atoms with Gasteiger partial charge in [0.25, 0.3) is 5.91 Å². The van der Waals surface area contributed by atoms with Crippen molar-refractivity contribution in [3.63, 3.8) is 0 Å². The molecule has 8 heteroatoms. The maximum atomic E-state index is 11.1. The van der Waals surface area contributed by atoms with Gasteiger partial charge in [0.05, 0.1) is 6.20 Å². The van der Waals surface area contributed by atoms with Gasteiger partial charge < -0.3 is 21.0 Å². The van der Waals surface area contributed by atoms with E-state index in [2.05, 4.69) is 5.10 Å². The fraction of sp³-hybridized carbons (Fsp3) is 0.167. The molecule has 0 radical (unpaired) electrons. The lowest BCUT2D eigenvalue weighted by Crippen LogP contribution is -2.14. The number of nitrogens with two attached hydrogens (primary N) is 1. The van der Waals surface area contributed by atoms with Gasteiger partial charge in [-0.2, -0.15) is 0 Å². The van der Waals surface area contributed by atoms with E-state index >= 15 is 0 Å². The van der Waals surface area contributed by atoms with Crippen LogP contribution in [-0.2, 0) is 13.0 Å². The first-order chi connectivity index (χ1) is 9.49. The number of carbonyl (C=O) groups excluding carboxylic acids is 1. The van der Waals surface area contributed by atoms with Gasteiger partial charge in [0, 0.05) is 6.42 Å². The summed E-state index contributed by atoms with van der Waals surface area (Å²) in [5.41, 5.74) is 5.74. The molecule has 2 rings (SSSR count). The topological polar surface area (TPSA) is 124 Å². The van der Waals surface area contributed by atoms with E-state index in [9.17, 15) is 14.9 Å². The Bertz CT molecular complexity index is 648. The normalized spacial score (nSPS) is 10.4. The lowest BCUT2D eigenvalue weighted by atomic mass is 10.1. The largest absolute Gasteiger partial charge is 0.508 e. The number of amides is 1. The first-order valence-corrected chi connectivity index (χ1v) is 5.77. The van der Waals surface area contributed by atoms with Crippen LogP contribution in [0.25, 0.3) is 0 Å². The summed E-state index contributed by atoms with van der Waals surface area (Å²) in [6.45, 7) is 0.231. The highest BCUT2D eigenvalue weighted by Crippen LogP contribution is 2.18. The summed E-state index contributed by atoms with van der Waals surface area (Å²) in [6.07, 6.45) is 1.57. The molecule has 8 nitrogen and oxygen atoms in total. The molecule has 2 aromatic rings. The summed E-state index contributed by atoms with van der Waals surface area (Å²) in [5, 5.41) is 23.9. The molecular formula is C12H12N4O4. The zero-order chi connectivity index (χ0) is 14.7. The number of aromatic nitrogens is 2. The van der Waals surface area contributed by atoms with Crippen molar-refractivity contribution in [2.45, 2.75) is 13.0 Å². The molecule has 1 aromatic carbocycles. The lowest BCUT2D eigenvalue weighted by Gasteiger charge is -2.02. The van der Waals surface area contributed by atoms with Gasteiger partial charge in [0.2, 0.25) is 0 Å². The number of hydrogen-bond acceptors (Lipinski definition) is 5. The summed E-state index contributed by atoms with van der Waals surface area (Å²) < 4.78 is 1.13. The van der Waals surface area contributed by atoms with Crippen molar-refractivity contribution in [2.24, 2.45) is 5.73 Å². The third-order valence-corrected chi connectivity index (χ3v) is 2.80. The molecule has 0 bridgehead atoms. The SMILES string of the molecule is NC(=O)c1cnn(CCc2ccc(O)cc2)c1[N+](=O)[O-]. The van der Waals surface area contributed by atoms with Gasteiger partial charge in [-0.15, -0.1) is 4.68 Å². The van der Waals surface area contributed by atoms with Crippen LogP contribution in [0, 0.1) is 10.1 Å². The molecule has 0 aliphatic rings. The summed E-state index contributed by atoms with van der Waals surface area (Å²) in [7, 11) is 0. The standard InChI is InChI=1S/C12H12N4O4/c13-11(18)10-7-14-15(12(10)16(19)20)6-5-8-1-3-9(17)4-2-8/h1-4,7,17H,5-6H2,(H2,13,18). The first kappa shape index (κ1) is 13.5. The van der Waals surface area contributed by atoms with Crippen LogP contribution in [0.5, 0.6) is 5.75 Å². The van der Waals surface area contributed by atoms with E-state index in [4.69, 9.17) is 10.8 Å². The Morgan fingerprint density at radius 2 is 2.05 bits per heavy atom. The number of nitro groups is 1. The molecule has 0 spiro atoms. The Labute approximate surface area is 113 Å². The molecule has 1 amide bonds. The molecule has 104 valence electrons. The minimum absolute atomic E-state index is 0.148. The van der Waals surface area contributed by atoms with Crippen molar-refractivity contribution >= 4 is 11.7 Å². The lowest BCUT2D eigenvalue weighted by molar-refractivity contribution is -0.392. The summed E-state index contributed by atoms with van der Waals surface area (Å²) in [6, 6.07) is 6.47. The zero-order valence-corrected chi connectivity index (χ0v) is 10.4. The van der Waals surface area contributed by atoms with E-state index in [0.29, 0.717) is 6.42 Å². The fourth-order valence-corrected chi connectivity index (χ4v) is 1.81. The van der Waals surface area contributed by atoms with Crippen molar-refractivity contribution < 1.29 is 14.8 Å². The molecule has 3 N–H and O–H groups in total. The van der Waals surface area contributed by atoms with Crippen LogP contribution < -0.4 is 5.73 Å². The van der Waals surface area contributed by atoms with Crippen LogP contribution in [0.2, 0.25) is 0 Å². The molecule has 0 atom stereocenters. The second-order valence-corrected chi connectivity index (χ2v) is 4.14. The number of aromatic hydroxyl groups is 1. The predicted molar refractivity (Wildman–Crippen MR) is 69.2 cm³/mol. The number of phenolic OH excluding ortho intramolecular Hbond substituents is 1. The fourth-order valence-electron chi connectivity index (χ4n) is 1.81. The van der Waals surface area contributed by atoms with Gasteiger partial charge in [-0.1, -0.05) is 17.2 Å². The zero-order valence-electron chi connectivity index (χ0n) is 10.4. The molecular weight excluding hydrogens is 264 g/mol. The van der Waals surface area contributed by atoms with Gasteiger partial charge >= 0.3 is 5.82 Å². The molecule has 0 unspecified atom stereocenters. The second kappa shape index (κ2) is 5.39. The van der Waals surface area contributed by atoms with Crippen molar-refractivity contribution in [3.05, 3.63) is 51.7 Å². The van der Waals surface area contributed by atoms with E-state index in [0.717, 1.165) is 16.4 Å². The quantitative estimate of drug-likeness (QED) is 0.618. The minimum Gasteiger partial charge on any atom is -0.508 e. The highest BCUT2D eigenvalue weighted by atomic mass is 16.6. The number of benzene rings is 1. The number of nitrogens with zero attached hydrogens (tertiary/aromatic N) is 3. The number of phenols is 1.